The van der Waals surface area contributed by atoms with Crippen molar-refractivity contribution in [3.8, 4) is 0 Å². The summed E-state index contributed by atoms with van der Waals surface area (Å²) in [6, 6.07) is -0.124. The van der Waals surface area contributed by atoms with Crippen LogP contribution in [-0.4, -0.2) is 43.3 Å². The van der Waals surface area contributed by atoms with E-state index in [-0.39, 0.29) is 35.6 Å². The van der Waals surface area contributed by atoms with E-state index >= 15 is 0 Å². The minimum atomic E-state index is -3.94. The normalized spacial score (nSPS) is 18.9. The number of carbonyl (C=O) groups excluding carboxylic acids is 1. The van der Waals surface area contributed by atoms with Crippen LogP contribution in [0.4, 0.5) is 0 Å². The van der Waals surface area contributed by atoms with Crippen LogP contribution in [0.1, 0.15) is 59.3 Å². The predicted molar refractivity (Wildman–Crippen MR) is 87.3 cm³/mol. The Balaban J connectivity index is 2.50. The van der Waals surface area contributed by atoms with Gasteiger partial charge in [0, 0.05) is 6.04 Å². The monoisotopic (exact) mass is 334 g/mol. The third-order valence-corrected chi connectivity index (χ3v) is 4.81. The molecule has 1 amide bonds. The summed E-state index contributed by atoms with van der Waals surface area (Å²) >= 11 is 0. The van der Waals surface area contributed by atoms with E-state index in [0.29, 0.717) is 6.54 Å². The van der Waals surface area contributed by atoms with Crippen molar-refractivity contribution >= 4 is 16.0 Å². The van der Waals surface area contributed by atoms with Gasteiger partial charge in [-0.25, -0.2) is 0 Å². The molecule has 3 N–H and O–H groups in total. The average Bonchev–Trinajstić information content (AvgIpc) is 2.36. The number of carbonyl (C=O) groups is 1. The fraction of sp³-hybridized carbons (Fsp3) is 0.933. The maximum atomic E-state index is 12.5. The molecule has 1 saturated carbocycles. The highest BCUT2D eigenvalue weighted by Gasteiger charge is 2.32. The smallest absolute Gasteiger partial charge is 0.264 e. The highest BCUT2D eigenvalue weighted by atomic mass is 32.2. The first-order valence-electron chi connectivity index (χ1n) is 8.08. The van der Waals surface area contributed by atoms with Crippen LogP contribution < -0.4 is 10.6 Å². The molecule has 130 valence electrons. The zero-order valence-electron chi connectivity index (χ0n) is 13.9. The minimum Gasteiger partial charge on any atom is -0.352 e. The molecule has 0 saturated heterocycles. The molecule has 0 bridgehead atoms. The van der Waals surface area contributed by atoms with Gasteiger partial charge in [0.2, 0.25) is 5.91 Å². The maximum absolute atomic E-state index is 12.5. The van der Waals surface area contributed by atoms with Crippen LogP contribution in [0.3, 0.4) is 0 Å². The largest absolute Gasteiger partial charge is 0.352 e. The summed E-state index contributed by atoms with van der Waals surface area (Å²) in [5.41, 5.74) is -0.267. The van der Waals surface area contributed by atoms with E-state index in [1.54, 1.807) is 0 Å². The van der Waals surface area contributed by atoms with Crippen molar-refractivity contribution in [2.75, 3.05) is 12.3 Å². The van der Waals surface area contributed by atoms with Gasteiger partial charge in [-0.1, -0.05) is 40.0 Å². The lowest BCUT2D eigenvalue weighted by Crippen LogP contribution is -2.54. The second kappa shape index (κ2) is 8.26. The lowest BCUT2D eigenvalue weighted by atomic mass is 9.85. The van der Waals surface area contributed by atoms with Gasteiger partial charge < -0.3 is 10.6 Å². The van der Waals surface area contributed by atoms with Gasteiger partial charge in [-0.05, 0) is 31.2 Å². The SMILES string of the molecule is CC(C)(C)[C@H](NCCCS(=O)(=O)O)C(=O)NC1CCCCC1. The zero-order chi connectivity index (χ0) is 16.8. The highest BCUT2D eigenvalue weighted by Crippen LogP contribution is 2.22. The van der Waals surface area contributed by atoms with Crippen LogP contribution in [-0.2, 0) is 14.9 Å². The third-order valence-electron chi connectivity index (χ3n) is 4.01. The summed E-state index contributed by atoms with van der Waals surface area (Å²) in [5, 5.41) is 6.25. The topological polar surface area (TPSA) is 95.5 Å². The molecule has 1 fully saturated rings. The quantitative estimate of drug-likeness (QED) is 0.487. The molecule has 0 aromatic carbocycles. The van der Waals surface area contributed by atoms with E-state index in [4.69, 9.17) is 4.55 Å². The van der Waals surface area contributed by atoms with Crippen LogP contribution >= 0.6 is 0 Å². The van der Waals surface area contributed by atoms with Crippen LogP contribution in [0.2, 0.25) is 0 Å². The third kappa shape index (κ3) is 7.56. The Labute approximate surface area is 134 Å². The van der Waals surface area contributed by atoms with Crippen LogP contribution in [0, 0.1) is 5.41 Å². The lowest BCUT2D eigenvalue weighted by molar-refractivity contribution is -0.126. The number of rotatable bonds is 7. The van der Waals surface area contributed by atoms with E-state index in [1.165, 1.54) is 6.42 Å². The molecule has 0 heterocycles. The van der Waals surface area contributed by atoms with Gasteiger partial charge in [0.05, 0.1) is 11.8 Å². The number of amides is 1. The Kier molecular flexibility index (Phi) is 7.28. The molecule has 1 atom stereocenters. The van der Waals surface area contributed by atoms with Crippen molar-refractivity contribution in [2.45, 2.75) is 71.4 Å². The first-order valence-corrected chi connectivity index (χ1v) is 9.69. The molecule has 0 aromatic heterocycles. The van der Waals surface area contributed by atoms with Crippen molar-refractivity contribution < 1.29 is 17.8 Å². The van der Waals surface area contributed by atoms with Crippen molar-refractivity contribution in [2.24, 2.45) is 5.41 Å². The Morgan fingerprint density at radius 2 is 1.82 bits per heavy atom. The minimum absolute atomic E-state index is 0.0220. The van der Waals surface area contributed by atoms with Gasteiger partial charge in [0.15, 0.2) is 0 Å². The number of hydrogen-bond acceptors (Lipinski definition) is 4. The second-order valence-electron chi connectivity index (χ2n) is 7.24. The predicted octanol–water partition coefficient (Wildman–Crippen LogP) is 1.72. The molecule has 0 spiro atoms. The Hall–Kier alpha value is -0.660. The fourth-order valence-electron chi connectivity index (χ4n) is 2.82. The molecule has 7 heteroatoms. The molecule has 1 aliphatic rings. The first-order chi connectivity index (χ1) is 10.1. The molecule has 0 unspecified atom stereocenters. The van der Waals surface area contributed by atoms with E-state index in [1.807, 2.05) is 20.8 Å². The number of nitrogens with one attached hydrogen (secondary N) is 2. The van der Waals surface area contributed by atoms with Crippen molar-refractivity contribution in [1.29, 1.82) is 0 Å². The van der Waals surface area contributed by atoms with Gasteiger partial charge in [-0.2, -0.15) is 8.42 Å². The molecule has 0 radical (unpaired) electrons. The molecule has 0 aromatic rings. The molecule has 6 nitrogen and oxygen atoms in total. The zero-order valence-corrected chi connectivity index (χ0v) is 14.7. The van der Waals surface area contributed by atoms with E-state index in [0.717, 1.165) is 25.7 Å². The number of hydrogen-bond donors (Lipinski definition) is 3. The Morgan fingerprint density at radius 3 is 2.32 bits per heavy atom. The summed E-state index contributed by atoms with van der Waals surface area (Å²) in [4.78, 5) is 12.5. The van der Waals surface area contributed by atoms with Crippen molar-refractivity contribution in [1.82, 2.24) is 10.6 Å². The Bertz CT molecular complexity index is 451. The average molecular weight is 334 g/mol. The molecule has 1 rings (SSSR count). The lowest BCUT2D eigenvalue weighted by Gasteiger charge is -2.33. The molecule has 22 heavy (non-hydrogen) atoms. The van der Waals surface area contributed by atoms with Crippen LogP contribution in [0.15, 0.2) is 0 Å². The van der Waals surface area contributed by atoms with Gasteiger partial charge in [-0.15, -0.1) is 0 Å². The van der Waals surface area contributed by atoms with E-state index < -0.39 is 10.1 Å². The van der Waals surface area contributed by atoms with E-state index in [9.17, 15) is 13.2 Å². The van der Waals surface area contributed by atoms with Crippen molar-refractivity contribution in [3.63, 3.8) is 0 Å². The van der Waals surface area contributed by atoms with Gasteiger partial charge in [0.25, 0.3) is 10.1 Å². The maximum Gasteiger partial charge on any atom is 0.264 e. The van der Waals surface area contributed by atoms with Gasteiger partial charge >= 0.3 is 0 Å². The fourth-order valence-corrected chi connectivity index (χ4v) is 3.33. The molecule has 0 aliphatic heterocycles. The summed E-state index contributed by atoms with van der Waals surface area (Å²) in [6.07, 6.45) is 5.90. The highest BCUT2D eigenvalue weighted by molar-refractivity contribution is 7.85. The van der Waals surface area contributed by atoms with E-state index in [2.05, 4.69) is 10.6 Å². The standard InChI is InChI=1S/C15H30N2O4S/c1-15(2,3)13(16-10-7-11-22(19,20)21)14(18)17-12-8-5-4-6-9-12/h12-13,16H,4-11H2,1-3H3,(H,17,18)(H,19,20,21)/t13-/m1/s1. The summed E-state index contributed by atoms with van der Waals surface area (Å²) < 4.78 is 30.2. The molecule has 1 aliphatic carbocycles. The summed E-state index contributed by atoms with van der Waals surface area (Å²) in [5.74, 6) is -0.313. The van der Waals surface area contributed by atoms with Crippen molar-refractivity contribution in [3.05, 3.63) is 0 Å². The second-order valence-corrected chi connectivity index (χ2v) is 8.81. The van der Waals surface area contributed by atoms with Crippen LogP contribution in [0.5, 0.6) is 0 Å². The Morgan fingerprint density at radius 1 is 1.23 bits per heavy atom. The van der Waals surface area contributed by atoms with Crippen LogP contribution in [0.25, 0.3) is 0 Å². The first kappa shape index (κ1) is 19.4. The molecular weight excluding hydrogens is 304 g/mol. The summed E-state index contributed by atoms with van der Waals surface area (Å²) in [7, 11) is -3.94. The molecular formula is C15H30N2O4S. The van der Waals surface area contributed by atoms with Gasteiger partial charge in [-0.3, -0.25) is 9.35 Å². The van der Waals surface area contributed by atoms with Gasteiger partial charge in [0.1, 0.15) is 0 Å². The summed E-state index contributed by atoms with van der Waals surface area (Å²) in [6.45, 7) is 6.32.